The summed E-state index contributed by atoms with van der Waals surface area (Å²) in [4.78, 5) is 48.8. The summed E-state index contributed by atoms with van der Waals surface area (Å²) in [7, 11) is 0. The van der Waals surface area contributed by atoms with Crippen molar-refractivity contribution in [1.82, 2.24) is 16.0 Å². The Hall–Kier alpha value is -4.37. The van der Waals surface area contributed by atoms with E-state index in [1.54, 1.807) is 42.5 Å². The monoisotopic (exact) mass is 495 g/mol. The van der Waals surface area contributed by atoms with Crippen LogP contribution in [0.15, 0.2) is 72.8 Å². The molecule has 0 unspecified atom stereocenters. The lowest BCUT2D eigenvalue weighted by atomic mass is 10.1. The molecule has 3 rings (SSSR count). The number of phenols is 1. The Balaban J connectivity index is 1.60. The van der Waals surface area contributed by atoms with E-state index in [2.05, 4.69) is 16.0 Å². The number of carbonyl (C=O) groups is 4. The average molecular weight is 496 g/mol. The first kappa shape index (κ1) is 25.3. The van der Waals surface area contributed by atoms with E-state index < -0.39 is 29.7 Å². The Kier molecular flexibility index (Phi) is 8.42. The minimum absolute atomic E-state index is 0.0307. The largest absolute Gasteiger partial charge is 0.508 e. The summed E-state index contributed by atoms with van der Waals surface area (Å²) in [5, 5.41) is 26.4. The first-order valence-electron chi connectivity index (χ1n) is 10.5. The van der Waals surface area contributed by atoms with Gasteiger partial charge in [-0.05, 0) is 48.0 Å². The van der Waals surface area contributed by atoms with Crippen LogP contribution >= 0.6 is 11.6 Å². The van der Waals surface area contributed by atoms with Crippen LogP contribution in [0.2, 0.25) is 5.02 Å². The van der Waals surface area contributed by atoms with Gasteiger partial charge in [-0.1, -0.05) is 41.9 Å². The number of amides is 3. The molecule has 0 fully saturated rings. The second-order valence-electron chi connectivity index (χ2n) is 7.49. The number of hydrogen-bond donors (Lipinski definition) is 5. The van der Waals surface area contributed by atoms with Gasteiger partial charge in [0, 0.05) is 24.2 Å². The number of rotatable bonds is 9. The van der Waals surface area contributed by atoms with Gasteiger partial charge in [-0.25, -0.2) is 4.79 Å². The predicted molar refractivity (Wildman–Crippen MR) is 128 cm³/mol. The van der Waals surface area contributed by atoms with Crippen LogP contribution in [0.3, 0.4) is 0 Å². The second-order valence-corrected chi connectivity index (χ2v) is 7.89. The van der Waals surface area contributed by atoms with E-state index in [-0.39, 0.29) is 35.0 Å². The molecule has 0 aromatic heterocycles. The zero-order chi connectivity index (χ0) is 25.4. The average Bonchev–Trinajstić information content (AvgIpc) is 2.85. The molecule has 180 valence electrons. The van der Waals surface area contributed by atoms with E-state index >= 15 is 0 Å². The van der Waals surface area contributed by atoms with Crippen molar-refractivity contribution in [1.29, 1.82) is 0 Å². The highest BCUT2D eigenvalue weighted by Crippen LogP contribution is 2.19. The molecule has 0 heterocycles. The number of carbonyl (C=O) groups excluding carboxylic acids is 3. The number of phenolic OH excluding ortho intramolecular Hbond substituents is 1. The van der Waals surface area contributed by atoms with Gasteiger partial charge in [-0.3, -0.25) is 14.4 Å². The van der Waals surface area contributed by atoms with Crippen molar-refractivity contribution in [3.63, 3.8) is 0 Å². The molecule has 0 aliphatic heterocycles. The molecule has 0 radical (unpaired) electrons. The highest BCUT2D eigenvalue weighted by Gasteiger charge is 2.23. The van der Waals surface area contributed by atoms with Crippen molar-refractivity contribution < 1.29 is 29.4 Å². The Bertz CT molecular complexity index is 1250. The number of carboxylic acids is 1. The zero-order valence-corrected chi connectivity index (χ0v) is 19.1. The number of aliphatic carboxylic acids is 1. The van der Waals surface area contributed by atoms with Gasteiger partial charge in [0.15, 0.2) is 0 Å². The molecule has 0 saturated heterocycles. The summed E-state index contributed by atoms with van der Waals surface area (Å²) in [6, 6.07) is 17.2. The maximum absolute atomic E-state index is 12.6. The SMILES string of the molecule is O=C(NCc1cccc(O)c1)c1ccc(C(=O)N[C@@H](CNC(=O)c2ccccc2)C(=O)O)c(Cl)c1. The molecule has 1 atom stereocenters. The van der Waals surface area contributed by atoms with Crippen LogP contribution in [-0.4, -0.2) is 46.5 Å². The highest BCUT2D eigenvalue weighted by atomic mass is 35.5. The summed E-state index contributed by atoms with van der Waals surface area (Å²) in [6.45, 7) is -0.177. The van der Waals surface area contributed by atoms with Gasteiger partial charge >= 0.3 is 5.97 Å². The molecule has 0 saturated carbocycles. The van der Waals surface area contributed by atoms with Crippen LogP contribution in [0.4, 0.5) is 0 Å². The standard InChI is InChI=1S/C25H22ClN3O6/c26-20-12-17(23(32)27-13-15-5-4-8-18(30)11-15)9-10-19(20)24(33)29-21(25(34)35)14-28-22(31)16-6-2-1-3-7-16/h1-12,21,30H,13-14H2,(H,27,32)(H,28,31)(H,29,33)(H,34,35)/t21-/m0/s1. The van der Waals surface area contributed by atoms with E-state index in [0.29, 0.717) is 11.1 Å². The quantitative estimate of drug-likeness (QED) is 0.308. The number of hydrogen-bond acceptors (Lipinski definition) is 5. The van der Waals surface area contributed by atoms with Crippen LogP contribution in [0, 0.1) is 0 Å². The van der Waals surface area contributed by atoms with Crippen molar-refractivity contribution in [2.75, 3.05) is 6.54 Å². The predicted octanol–water partition coefficient (Wildman–Crippen LogP) is 2.59. The Labute approximate surface area is 205 Å². The van der Waals surface area contributed by atoms with E-state index in [0.717, 1.165) is 0 Å². The number of aromatic hydroxyl groups is 1. The van der Waals surface area contributed by atoms with Gasteiger partial charge in [-0.2, -0.15) is 0 Å². The lowest BCUT2D eigenvalue weighted by Gasteiger charge is -2.16. The summed E-state index contributed by atoms with van der Waals surface area (Å²) >= 11 is 6.19. The fourth-order valence-electron chi connectivity index (χ4n) is 3.11. The Morgan fingerprint density at radius 3 is 2.17 bits per heavy atom. The summed E-state index contributed by atoms with van der Waals surface area (Å²) in [6.07, 6.45) is 0. The highest BCUT2D eigenvalue weighted by molar-refractivity contribution is 6.34. The maximum Gasteiger partial charge on any atom is 0.328 e. The van der Waals surface area contributed by atoms with Gasteiger partial charge in [0.25, 0.3) is 17.7 Å². The lowest BCUT2D eigenvalue weighted by Crippen LogP contribution is -2.48. The molecule has 0 aliphatic carbocycles. The molecule has 0 spiro atoms. The molecule has 0 bridgehead atoms. The van der Waals surface area contributed by atoms with Crippen LogP contribution in [-0.2, 0) is 11.3 Å². The topological polar surface area (TPSA) is 145 Å². The number of halogens is 1. The van der Waals surface area contributed by atoms with Crippen LogP contribution in [0.1, 0.15) is 36.6 Å². The third kappa shape index (κ3) is 7.05. The van der Waals surface area contributed by atoms with Crippen LogP contribution < -0.4 is 16.0 Å². The lowest BCUT2D eigenvalue weighted by molar-refractivity contribution is -0.139. The molecular formula is C25H22ClN3O6. The third-order valence-electron chi connectivity index (χ3n) is 4.95. The van der Waals surface area contributed by atoms with Crippen molar-refractivity contribution >= 4 is 35.3 Å². The van der Waals surface area contributed by atoms with Gasteiger partial charge in [-0.15, -0.1) is 0 Å². The molecule has 9 nitrogen and oxygen atoms in total. The third-order valence-corrected chi connectivity index (χ3v) is 5.26. The van der Waals surface area contributed by atoms with Crippen molar-refractivity contribution in [2.45, 2.75) is 12.6 Å². The summed E-state index contributed by atoms with van der Waals surface area (Å²) < 4.78 is 0. The normalized spacial score (nSPS) is 11.2. The molecule has 5 N–H and O–H groups in total. The smallest absolute Gasteiger partial charge is 0.328 e. The zero-order valence-electron chi connectivity index (χ0n) is 18.3. The molecule has 35 heavy (non-hydrogen) atoms. The Morgan fingerprint density at radius 2 is 1.51 bits per heavy atom. The number of benzene rings is 3. The molecule has 3 aromatic rings. The molecule has 3 aromatic carbocycles. The van der Waals surface area contributed by atoms with E-state index in [1.807, 2.05) is 0 Å². The fraction of sp³-hybridized carbons (Fsp3) is 0.120. The minimum Gasteiger partial charge on any atom is -0.508 e. The second kappa shape index (κ2) is 11.7. The maximum atomic E-state index is 12.6. The van der Waals surface area contributed by atoms with Crippen LogP contribution in [0.5, 0.6) is 5.75 Å². The van der Waals surface area contributed by atoms with Crippen LogP contribution in [0.25, 0.3) is 0 Å². The summed E-state index contributed by atoms with van der Waals surface area (Å²) in [5.41, 5.74) is 1.21. The van der Waals surface area contributed by atoms with Gasteiger partial charge in [0.1, 0.15) is 11.8 Å². The van der Waals surface area contributed by atoms with Gasteiger partial charge in [0.05, 0.1) is 10.6 Å². The molecule has 3 amide bonds. The number of nitrogens with one attached hydrogen (secondary N) is 3. The summed E-state index contributed by atoms with van der Waals surface area (Å²) in [5.74, 6) is -2.97. The van der Waals surface area contributed by atoms with E-state index in [1.165, 1.54) is 30.3 Å². The first-order valence-corrected chi connectivity index (χ1v) is 10.8. The van der Waals surface area contributed by atoms with Crippen molar-refractivity contribution in [2.24, 2.45) is 0 Å². The van der Waals surface area contributed by atoms with E-state index in [4.69, 9.17) is 11.6 Å². The Morgan fingerprint density at radius 1 is 0.800 bits per heavy atom. The molecular weight excluding hydrogens is 474 g/mol. The molecule has 10 heteroatoms. The first-order chi connectivity index (χ1) is 16.7. The van der Waals surface area contributed by atoms with Crippen molar-refractivity contribution in [3.05, 3.63) is 100 Å². The van der Waals surface area contributed by atoms with Crippen molar-refractivity contribution in [3.8, 4) is 5.75 Å². The molecule has 0 aliphatic rings. The number of carboxylic acid groups (broad SMARTS) is 1. The van der Waals surface area contributed by atoms with E-state index in [9.17, 15) is 29.4 Å². The van der Waals surface area contributed by atoms with Gasteiger partial charge < -0.3 is 26.2 Å². The minimum atomic E-state index is -1.41. The fourth-order valence-corrected chi connectivity index (χ4v) is 3.38. The van der Waals surface area contributed by atoms with Gasteiger partial charge in [0.2, 0.25) is 0 Å².